The number of ether oxygens (including phenoxy) is 1. The Balaban J connectivity index is 2.76. The van der Waals surface area contributed by atoms with E-state index in [1.807, 2.05) is 0 Å². The van der Waals surface area contributed by atoms with E-state index in [1.54, 1.807) is 0 Å². The molecule has 21 heavy (non-hydrogen) atoms. The minimum atomic E-state index is -0.463. The van der Waals surface area contributed by atoms with Gasteiger partial charge in [-0.15, -0.1) is 0 Å². The monoisotopic (exact) mass is 297 g/mol. The van der Waals surface area contributed by atoms with Crippen LogP contribution in [0.15, 0.2) is 23.4 Å². The SMILES string of the molecule is CC(C)N(CCOc1ccc(F)cc1/C(N)=N/O)C(C)C. The lowest BCUT2D eigenvalue weighted by Gasteiger charge is -2.30. The van der Waals surface area contributed by atoms with Crippen molar-refractivity contribution in [3.63, 3.8) is 0 Å². The lowest BCUT2D eigenvalue weighted by atomic mass is 10.2. The highest BCUT2D eigenvalue weighted by Gasteiger charge is 2.14. The average molecular weight is 297 g/mol. The van der Waals surface area contributed by atoms with Crippen LogP contribution in [0.2, 0.25) is 0 Å². The number of rotatable bonds is 7. The fourth-order valence-electron chi connectivity index (χ4n) is 2.26. The van der Waals surface area contributed by atoms with Gasteiger partial charge in [-0.2, -0.15) is 0 Å². The van der Waals surface area contributed by atoms with Gasteiger partial charge in [0.15, 0.2) is 5.84 Å². The Bertz CT molecular complexity index is 482. The topological polar surface area (TPSA) is 71.1 Å². The van der Waals surface area contributed by atoms with Crippen LogP contribution in [0.1, 0.15) is 33.3 Å². The summed E-state index contributed by atoms with van der Waals surface area (Å²) in [5, 5.41) is 11.6. The summed E-state index contributed by atoms with van der Waals surface area (Å²) >= 11 is 0. The van der Waals surface area contributed by atoms with Crippen molar-refractivity contribution in [1.29, 1.82) is 0 Å². The number of halogens is 1. The second kappa shape index (κ2) is 7.83. The summed E-state index contributed by atoms with van der Waals surface area (Å²) in [7, 11) is 0. The van der Waals surface area contributed by atoms with E-state index in [-0.39, 0.29) is 11.4 Å². The van der Waals surface area contributed by atoms with Gasteiger partial charge in [-0.05, 0) is 45.9 Å². The largest absolute Gasteiger partial charge is 0.491 e. The van der Waals surface area contributed by atoms with E-state index < -0.39 is 5.82 Å². The molecule has 0 saturated carbocycles. The zero-order valence-electron chi connectivity index (χ0n) is 13.0. The number of amidine groups is 1. The minimum absolute atomic E-state index is 0.172. The molecule has 0 aliphatic rings. The van der Waals surface area contributed by atoms with E-state index >= 15 is 0 Å². The molecule has 3 N–H and O–H groups in total. The molecule has 0 bridgehead atoms. The van der Waals surface area contributed by atoms with E-state index in [0.29, 0.717) is 24.4 Å². The second-order valence-corrected chi connectivity index (χ2v) is 5.40. The van der Waals surface area contributed by atoms with Crippen molar-refractivity contribution < 1.29 is 14.3 Å². The number of hydrogen-bond acceptors (Lipinski definition) is 4. The third kappa shape index (κ3) is 4.90. The zero-order chi connectivity index (χ0) is 16.0. The van der Waals surface area contributed by atoms with Crippen LogP contribution in [0.3, 0.4) is 0 Å². The highest BCUT2D eigenvalue weighted by molar-refractivity contribution is 5.99. The molecule has 1 aromatic carbocycles. The number of oxime groups is 1. The first kappa shape index (κ1) is 17.2. The van der Waals surface area contributed by atoms with Gasteiger partial charge in [-0.1, -0.05) is 5.16 Å². The lowest BCUT2D eigenvalue weighted by molar-refractivity contribution is 0.142. The first-order valence-electron chi connectivity index (χ1n) is 7.02. The Morgan fingerprint density at radius 1 is 1.33 bits per heavy atom. The average Bonchev–Trinajstić information content (AvgIpc) is 2.42. The van der Waals surface area contributed by atoms with Gasteiger partial charge in [0.2, 0.25) is 0 Å². The summed E-state index contributed by atoms with van der Waals surface area (Å²) in [5.41, 5.74) is 5.78. The number of nitrogens with two attached hydrogens (primary N) is 1. The molecule has 1 aromatic rings. The van der Waals surface area contributed by atoms with Crippen LogP contribution in [0.5, 0.6) is 5.75 Å². The Hall–Kier alpha value is -1.82. The van der Waals surface area contributed by atoms with Crippen LogP contribution in [-0.2, 0) is 0 Å². The van der Waals surface area contributed by atoms with Gasteiger partial charge >= 0.3 is 0 Å². The number of nitrogens with zero attached hydrogens (tertiary/aromatic N) is 2. The van der Waals surface area contributed by atoms with Crippen LogP contribution >= 0.6 is 0 Å². The highest BCUT2D eigenvalue weighted by atomic mass is 19.1. The minimum Gasteiger partial charge on any atom is -0.491 e. The number of hydrogen-bond donors (Lipinski definition) is 2. The van der Waals surface area contributed by atoms with Crippen molar-refractivity contribution in [3.05, 3.63) is 29.6 Å². The predicted octanol–water partition coefficient (Wildman–Crippen LogP) is 2.42. The van der Waals surface area contributed by atoms with Crippen molar-refractivity contribution >= 4 is 5.84 Å². The molecule has 0 atom stereocenters. The normalized spacial score (nSPS) is 12.5. The summed E-state index contributed by atoms with van der Waals surface area (Å²) < 4.78 is 18.9. The molecule has 0 saturated heterocycles. The van der Waals surface area contributed by atoms with E-state index in [1.165, 1.54) is 18.2 Å². The fourth-order valence-corrected chi connectivity index (χ4v) is 2.26. The fraction of sp³-hybridized carbons (Fsp3) is 0.533. The van der Waals surface area contributed by atoms with Crippen LogP contribution in [0.4, 0.5) is 4.39 Å². The summed E-state index contributed by atoms with van der Waals surface area (Å²) in [5.74, 6) is -0.233. The molecule has 6 heteroatoms. The van der Waals surface area contributed by atoms with Gasteiger partial charge in [-0.25, -0.2) is 4.39 Å². The number of benzene rings is 1. The maximum absolute atomic E-state index is 13.2. The van der Waals surface area contributed by atoms with Crippen LogP contribution in [0.25, 0.3) is 0 Å². The maximum Gasteiger partial charge on any atom is 0.173 e. The smallest absolute Gasteiger partial charge is 0.173 e. The van der Waals surface area contributed by atoms with Crippen molar-refractivity contribution in [2.45, 2.75) is 39.8 Å². The molecule has 0 spiro atoms. The van der Waals surface area contributed by atoms with Gasteiger partial charge in [0, 0.05) is 18.6 Å². The molecule has 0 heterocycles. The molecule has 0 fully saturated rings. The van der Waals surface area contributed by atoms with E-state index in [9.17, 15) is 4.39 Å². The van der Waals surface area contributed by atoms with Gasteiger partial charge < -0.3 is 15.7 Å². The van der Waals surface area contributed by atoms with Crippen molar-refractivity contribution in [3.8, 4) is 5.75 Å². The van der Waals surface area contributed by atoms with Gasteiger partial charge in [0.25, 0.3) is 0 Å². The molecular formula is C15H24FN3O2. The summed E-state index contributed by atoms with van der Waals surface area (Å²) in [6.07, 6.45) is 0. The molecule has 1 rings (SSSR count). The van der Waals surface area contributed by atoms with E-state index in [2.05, 4.69) is 37.8 Å². The molecule has 5 nitrogen and oxygen atoms in total. The lowest BCUT2D eigenvalue weighted by Crippen LogP contribution is -2.39. The molecule has 0 aliphatic carbocycles. The molecule has 118 valence electrons. The zero-order valence-corrected chi connectivity index (χ0v) is 13.0. The third-order valence-electron chi connectivity index (χ3n) is 3.26. The Kier molecular flexibility index (Phi) is 6.42. The molecule has 0 unspecified atom stereocenters. The first-order chi connectivity index (χ1) is 9.86. The Morgan fingerprint density at radius 3 is 2.48 bits per heavy atom. The quantitative estimate of drug-likeness (QED) is 0.351. The third-order valence-corrected chi connectivity index (χ3v) is 3.26. The van der Waals surface area contributed by atoms with Gasteiger partial charge in [-0.3, -0.25) is 4.90 Å². The second-order valence-electron chi connectivity index (χ2n) is 5.40. The predicted molar refractivity (Wildman–Crippen MR) is 81.4 cm³/mol. The van der Waals surface area contributed by atoms with Crippen LogP contribution in [0, 0.1) is 5.82 Å². The summed E-state index contributed by atoms with van der Waals surface area (Å²) in [4.78, 5) is 2.28. The standard InChI is InChI=1S/C15H24FN3O2/c1-10(2)19(11(3)4)7-8-21-14-6-5-12(16)9-13(14)15(17)18-20/h5-6,9-11,20H,7-8H2,1-4H3,(H2,17,18). The summed E-state index contributed by atoms with van der Waals surface area (Å²) in [6, 6.07) is 4.77. The molecular weight excluding hydrogens is 273 g/mol. The summed E-state index contributed by atoms with van der Waals surface area (Å²) in [6.45, 7) is 9.68. The van der Waals surface area contributed by atoms with Crippen molar-refractivity contribution in [1.82, 2.24) is 4.90 Å². The first-order valence-corrected chi connectivity index (χ1v) is 7.02. The molecule has 0 amide bonds. The van der Waals surface area contributed by atoms with Crippen LogP contribution < -0.4 is 10.5 Å². The molecule has 0 radical (unpaired) electrons. The van der Waals surface area contributed by atoms with Crippen molar-refractivity contribution in [2.75, 3.05) is 13.2 Å². The van der Waals surface area contributed by atoms with E-state index in [0.717, 1.165) is 6.54 Å². The maximum atomic E-state index is 13.2. The highest BCUT2D eigenvalue weighted by Crippen LogP contribution is 2.19. The van der Waals surface area contributed by atoms with Gasteiger partial charge in [0.05, 0.1) is 5.56 Å². The van der Waals surface area contributed by atoms with E-state index in [4.69, 9.17) is 15.7 Å². The molecule has 0 aliphatic heterocycles. The molecule has 0 aromatic heterocycles. The van der Waals surface area contributed by atoms with Crippen molar-refractivity contribution in [2.24, 2.45) is 10.9 Å². The Morgan fingerprint density at radius 2 is 1.95 bits per heavy atom. The van der Waals surface area contributed by atoms with Gasteiger partial charge in [0.1, 0.15) is 18.2 Å². The van der Waals surface area contributed by atoms with Crippen LogP contribution in [-0.4, -0.2) is 41.2 Å². The Labute approximate surface area is 125 Å².